The van der Waals surface area contributed by atoms with E-state index in [1.807, 2.05) is 42.5 Å². The number of aryl methyl sites for hydroxylation is 1. The largest absolute Gasteiger partial charge is 0.497 e. The Balaban J connectivity index is 1.46. The Kier molecular flexibility index (Phi) is 6.41. The van der Waals surface area contributed by atoms with Gasteiger partial charge in [0, 0.05) is 13.1 Å². The van der Waals surface area contributed by atoms with E-state index in [1.54, 1.807) is 7.11 Å². The number of carbonyl (C=O) groups is 1. The van der Waals surface area contributed by atoms with Crippen LogP contribution in [0, 0.1) is 6.92 Å². The van der Waals surface area contributed by atoms with Crippen LogP contribution in [0.3, 0.4) is 0 Å². The number of amides is 1. The molecule has 0 aromatic heterocycles. The van der Waals surface area contributed by atoms with Crippen molar-refractivity contribution in [2.45, 2.75) is 32.5 Å². The average Bonchev–Trinajstić information content (AvgIpc) is 2.80. The summed E-state index contributed by atoms with van der Waals surface area (Å²) < 4.78 is 11.2. The second-order valence-corrected chi connectivity index (χ2v) is 7.88. The zero-order chi connectivity index (χ0) is 21.6. The number of benzene rings is 3. The lowest BCUT2D eigenvalue weighted by atomic mass is 10.1. The number of ether oxygens (including phenoxy) is 2. The molecule has 1 amide bonds. The molecule has 0 bridgehead atoms. The number of anilines is 1. The van der Waals surface area contributed by atoms with Crippen molar-refractivity contribution in [3.63, 3.8) is 0 Å². The highest BCUT2D eigenvalue weighted by molar-refractivity contribution is 5.77. The van der Waals surface area contributed by atoms with Crippen LogP contribution < -0.4 is 19.7 Å². The summed E-state index contributed by atoms with van der Waals surface area (Å²) in [4.78, 5) is 15.1. The fourth-order valence-corrected chi connectivity index (χ4v) is 3.83. The topological polar surface area (TPSA) is 50.8 Å². The van der Waals surface area contributed by atoms with E-state index in [1.165, 1.54) is 11.1 Å². The van der Waals surface area contributed by atoms with Gasteiger partial charge in [0.1, 0.15) is 18.1 Å². The molecule has 160 valence electrons. The van der Waals surface area contributed by atoms with Crippen LogP contribution >= 0.6 is 0 Å². The predicted octanol–water partition coefficient (Wildman–Crippen LogP) is 4.48. The minimum atomic E-state index is -0.0403. The maximum absolute atomic E-state index is 12.8. The molecule has 1 aliphatic rings. The zero-order valence-electron chi connectivity index (χ0n) is 18.0. The van der Waals surface area contributed by atoms with Crippen LogP contribution in [0.2, 0.25) is 0 Å². The van der Waals surface area contributed by atoms with Crippen LogP contribution in [0.4, 0.5) is 5.69 Å². The molecule has 0 unspecified atom stereocenters. The number of rotatable bonds is 7. The number of fused-ring (bicyclic) bond motifs is 1. The van der Waals surface area contributed by atoms with E-state index in [0.717, 1.165) is 29.3 Å². The first-order valence-electron chi connectivity index (χ1n) is 10.6. The lowest BCUT2D eigenvalue weighted by Gasteiger charge is -2.38. The highest BCUT2D eigenvalue weighted by Gasteiger charge is 2.29. The number of hydrogen-bond donors (Lipinski definition) is 1. The molecule has 0 fully saturated rings. The van der Waals surface area contributed by atoms with Gasteiger partial charge >= 0.3 is 0 Å². The van der Waals surface area contributed by atoms with E-state index < -0.39 is 0 Å². The normalized spacial score (nSPS) is 15.0. The molecule has 4 rings (SSSR count). The highest BCUT2D eigenvalue weighted by atomic mass is 16.5. The third-order valence-corrected chi connectivity index (χ3v) is 5.57. The monoisotopic (exact) mass is 416 g/mol. The van der Waals surface area contributed by atoms with E-state index in [4.69, 9.17) is 9.47 Å². The van der Waals surface area contributed by atoms with Crippen molar-refractivity contribution in [3.05, 3.63) is 89.5 Å². The van der Waals surface area contributed by atoms with Gasteiger partial charge in [-0.2, -0.15) is 0 Å². The molecule has 1 heterocycles. The summed E-state index contributed by atoms with van der Waals surface area (Å²) in [7, 11) is 1.64. The SMILES string of the molecule is COc1cccc(CNC(=O)C[C@@H]2COc3ccccc3N2Cc2ccc(C)cc2)c1. The van der Waals surface area contributed by atoms with Crippen LogP contribution in [0.1, 0.15) is 23.1 Å². The Morgan fingerprint density at radius 3 is 2.68 bits per heavy atom. The van der Waals surface area contributed by atoms with Crippen LogP contribution in [0.25, 0.3) is 0 Å². The Morgan fingerprint density at radius 2 is 1.87 bits per heavy atom. The van der Waals surface area contributed by atoms with Crippen molar-refractivity contribution < 1.29 is 14.3 Å². The van der Waals surface area contributed by atoms with E-state index in [2.05, 4.69) is 47.5 Å². The van der Waals surface area contributed by atoms with Gasteiger partial charge in [-0.25, -0.2) is 0 Å². The van der Waals surface area contributed by atoms with Gasteiger partial charge in [0.2, 0.25) is 5.91 Å². The Hall–Kier alpha value is -3.47. The third kappa shape index (κ3) is 5.18. The molecule has 5 nitrogen and oxygen atoms in total. The highest BCUT2D eigenvalue weighted by Crippen LogP contribution is 2.35. The molecule has 0 saturated heterocycles. The van der Waals surface area contributed by atoms with Crippen molar-refractivity contribution in [3.8, 4) is 11.5 Å². The molecule has 0 spiro atoms. The van der Waals surface area contributed by atoms with Crippen LogP contribution in [0.15, 0.2) is 72.8 Å². The number of carbonyl (C=O) groups excluding carboxylic acids is 1. The summed E-state index contributed by atoms with van der Waals surface area (Å²) in [6, 6.07) is 24.3. The lowest BCUT2D eigenvalue weighted by molar-refractivity contribution is -0.121. The number of methoxy groups -OCH3 is 1. The first-order valence-corrected chi connectivity index (χ1v) is 10.6. The number of hydrogen-bond acceptors (Lipinski definition) is 4. The van der Waals surface area contributed by atoms with E-state index in [0.29, 0.717) is 19.6 Å². The zero-order valence-corrected chi connectivity index (χ0v) is 18.0. The third-order valence-electron chi connectivity index (χ3n) is 5.57. The maximum Gasteiger partial charge on any atom is 0.222 e. The smallest absolute Gasteiger partial charge is 0.222 e. The first-order chi connectivity index (χ1) is 15.1. The Labute approximate surface area is 183 Å². The average molecular weight is 417 g/mol. The molecule has 3 aromatic carbocycles. The number of nitrogens with one attached hydrogen (secondary N) is 1. The van der Waals surface area contributed by atoms with Crippen molar-refractivity contribution in [2.24, 2.45) is 0 Å². The van der Waals surface area contributed by atoms with Gasteiger partial charge in [-0.3, -0.25) is 4.79 Å². The van der Waals surface area contributed by atoms with Gasteiger partial charge in [-0.15, -0.1) is 0 Å². The summed E-state index contributed by atoms with van der Waals surface area (Å²) in [5.41, 5.74) is 4.48. The van der Waals surface area contributed by atoms with Crippen LogP contribution in [-0.2, 0) is 17.9 Å². The van der Waals surface area contributed by atoms with E-state index >= 15 is 0 Å². The van der Waals surface area contributed by atoms with Gasteiger partial charge in [0.25, 0.3) is 0 Å². The Bertz CT molecular complexity index is 1030. The number of para-hydroxylation sites is 2. The molecule has 1 N–H and O–H groups in total. The second kappa shape index (κ2) is 9.56. The number of nitrogens with zero attached hydrogens (tertiary/aromatic N) is 1. The molecule has 0 radical (unpaired) electrons. The standard InChI is InChI=1S/C26H28N2O3/c1-19-10-12-20(13-11-19)17-28-22(18-31-25-9-4-3-8-24(25)28)15-26(29)27-16-21-6-5-7-23(14-21)30-2/h3-14,22H,15-18H2,1-2H3,(H,27,29)/t22-/m1/s1. The van der Waals surface area contributed by atoms with Crippen LogP contribution in [-0.4, -0.2) is 25.7 Å². The van der Waals surface area contributed by atoms with Gasteiger partial charge in [0.05, 0.1) is 25.3 Å². The van der Waals surface area contributed by atoms with Gasteiger partial charge in [0.15, 0.2) is 0 Å². The summed E-state index contributed by atoms with van der Waals surface area (Å²) >= 11 is 0. The van der Waals surface area contributed by atoms with Crippen molar-refractivity contribution in [1.82, 2.24) is 5.32 Å². The lowest BCUT2D eigenvalue weighted by Crippen LogP contribution is -2.45. The summed E-state index contributed by atoms with van der Waals surface area (Å²) in [6.45, 7) is 3.77. The summed E-state index contributed by atoms with van der Waals surface area (Å²) in [5.74, 6) is 1.65. The van der Waals surface area contributed by atoms with Gasteiger partial charge in [-0.1, -0.05) is 54.1 Å². The van der Waals surface area contributed by atoms with Crippen molar-refractivity contribution >= 4 is 11.6 Å². The fraction of sp³-hybridized carbons (Fsp3) is 0.269. The Morgan fingerprint density at radius 1 is 1.06 bits per heavy atom. The molecule has 5 heteroatoms. The molecule has 0 saturated carbocycles. The molecule has 0 aliphatic carbocycles. The second-order valence-electron chi connectivity index (χ2n) is 7.88. The summed E-state index contributed by atoms with van der Waals surface area (Å²) in [5, 5.41) is 3.04. The van der Waals surface area contributed by atoms with Crippen LogP contribution in [0.5, 0.6) is 11.5 Å². The summed E-state index contributed by atoms with van der Waals surface area (Å²) in [6.07, 6.45) is 0.365. The van der Waals surface area contributed by atoms with Gasteiger partial charge < -0.3 is 19.7 Å². The molecule has 3 aromatic rings. The predicted molar refractivity (Wildman–Crippen MR) is 123 cm³/mol. The molecular weight excluding hydrogens is 388 g/mol. The molecule has 31 heavy (non-hydrogen) atoms. The molecular formula is C26H28N2O3. The van der Waals surface area contributed by atoms with Gasteiger partial charge in [-0.05, 0) is 42.3 Å². The van der Waals surface area contributed by atoms with E-state index in [9.17, 15) is 4.79 Å². The maximum atomic E-state index is 12.8. The minimum absolute atomic E-state index is 0.00436. The van der Waals surface area contributed by atoms with Crippen molar-refractivity contribution in [2.75, 3.05) is 18.6 Å². The quantitative estimate of drug-likeness (QED) is 0.617. The van der Waals surface area contributed by atoms with Crippen molar-refractivity contribution in [1.29, 1.82) is 0 Å². The minimum Gasteiger partial charge on any atom is -0.497 e. The first kappa shape index (κ1) is 20.8. The van der Waals surface area contributed by atoms with E-state index in [-0.39, 0.29) is 11.9 Å². The fourth-order valence-electron chi connectivity index (χ4n) is 3.83. The molecule has 1 aliphatic heterocycles. The molecule has 1 atom stereocenters.